The first-order valence-electron chi connectivity index (χ1n) is 4.56. The zero-order valence-electron chi connectivity index (χ0n) is 8.09. The standard InChI is InChI=1S/C11H10N4/c12-6-10-11(13)14-8-15(10)7-9-4-2-1-3-5-9/h1-5,8H,7,13H2. The monoisotopic (exact) mass is 198 g/mol. The van der Waals surface area contributed by atoms with Crippen LogP contribution in [0.5, 0.6) is 0 Å². The fourth-order valence-electron chi connectivity index (χ4n) is 1.42. The van der Waals surface area contributed by atoms with Crippen molar-refractivity contribution in [2.24, 2.45) is 0 Å². The second-order valence-corrected chi connectivity index (χ2v) is 3.20. The molecule has 0 aliphatic rings. The van der Waals surface area contributed by atoms with Crippen molar-refractivity contribution in [3.05, 3.63) is 47.9 Å². The Kier molecular flexibility index (Phi) is 2.38. The van der Waals surface area contributed by atoms with E-state index in [2.05, 4.69) is 4.98 Å². The van der Waals surface area contributed by atoms with E-state index in [9.17, 15) is 0 Å². The fraction of sp³-hybridized carbons (Fsp3) is 0.0909. The van der Waals surface area contributed by atoms with E-state index in [1.165, 1.54) is 0 Å². The van der Waals surface area contributed by atoms with Crippen LogP contribution in [0.2, 0.25) is 0 Å². The molecule has 2 N–H and O–H groups in total. The van der Waals surface area contributed by atoms with Gasteiger partial charge in [0.15, 0.2) is 11.5 Å². The third kappa shape index (κ3) is 1.81. The van der Waals surface area contributed by atoms with Crippen LogP contribution in [-0.4, -0.2) is 9.55 Å². The van der Waals surface area contributed by atoms with Gasteiger partial charge in [0.05, 0.1) is 6.33 Å². The van der Waals surface area contributed by atoms with E-state index < -0.39 is 0 Å². The van der Waals surface area contributed by atoms with Crippen LogP contribution in [0.3, 0.4) is 0 Å². The highest BCUT2D eigenvalue weighted by Gasteiger charge is 2.06. The highest BCUT2D eigenvalue weighted by molar-refractivity contribution is 5.44. The molecule has 0 aliphatic heterocycles. The molecule has 0 unspecified atom stereocenters. The van der Waals surface area contributed by atoms with Crippen molar-refractivity contribution in [3.63, 3.8) is 0 Å². The Balaban J connectivity index is 2.30. The Hall–Kier alpha value is -2.28. The van der Waals surface area contributed by atoms with E-state index in [-0.39, 0.29) is 5.82 Å². The molecule has 0 saturated carbocycles. The Morgan fingerprint density at radius 2 is 2.07 bits per heavy atom. The summed E-state index contributed by atoms with van der Waals surface area (Å²) in [6.45, 7) is 0.619. The molecule has 4 heteroatoms. The van der Waals surface area contributed by atoms with Crippen LogP contribution < -0.4 is 5.73 Å². The van der Waals surface area contributed by atoms with E-state index in [1.54, 1.807) is 10.9 Å². The molecule has 1 aromatic heterocycles. The Bertz CT molecular complexity index is 493. The SMILES string of the molecule is N#Cc1c(N)ncn1Cc1ccccc1. The maximum atomic E-state index is 8.88. The Morgan fingerprint density at radius 3 is 2.73 bits per heavy atom. The van der Waals surface area contributed by atoms with Crippen LogP contribution in [-0.2, 0) is 6.54 Å². The highest BCUT2D eigenvalue weighted by Crippen LogP contribution is 2.10. The number of hydrogen-bond donors (Lipinski definition) is 1. The first-order chi connectivity index (χ1) is 7.31. The van der Waals surface area contributed by atoms with E-state index in [1.807, 2.05) is 36.4 Å². The summed E-state index contributed by atoms with van der Waals surface area (Å²) in [5, 5.41) is 8.88. The smallest absolute Gasteiger partial charge is 0.164 e. The third-order valence-electron chi connectivity index (χ3n) is 2.17. The zero-order chi connectivity index (χ0) is 10.7. The lowest BCUT2D eigenvalue weighted by Gasteiger charge is -2.03. The second kappa shape index (κ2) is 3.84. The summed E-state index contributed by atoms with van der Waals surface area (Å²) in [4.78, 5) is 3.90. The summed E-state index contributed by atoms with van der Waals surface area (Å²) in [7, 11) is 0. The summed E-state index contributed by atoms with van der Waals surface area (Å²) in [5.41, 5.74) is 7.08. The summed E-state index contributed by atoms with van der Waals surface area (Å²) in [6, 6.07) is 11.9. The minimum atomic E-state index is 0.286. The molecule has 0 fully saturated rings. The average molecular weight is 198 g/mol. The Morgan fingerprint density at radius 1 is 1.33 bits per heavy atom. The summed E-state index contributed by atoms with van der Waals surface area (Å²) in [5.74, 6) is 0.286. The van der Waals surface area contributed by atoms with Gasteiger partial charge in [-0.15, -0.1) is 0 Å². The number of nitrogens with two attached hydrogens (primary N) is 1. The first-order valence-corrected chi connectivity index (χ1v) is 4.56. The van der Waals surface area contributed by atoms with Gasteiger partial charge in [-0.2, -0.15) is 5.26 Å². The number of nitriles is 1. The fourth-order valence-corrected chi connectivity index (χ4v) is 1.42. The molecule has 1 heterocycles. The van der Waals surface area contributed by atoms with Crippen LogP contribution in [0.25, 0.3) is 0 Å². The van der Waals surface area contributed by atoms with Gasteiger partial charge in [0.1, 0.15) is 6.07 Å². The predicted octanol–water partition coefficient (Wildman–Crippen LogP) is 1.39. The minimum absolute atomic E-state index is 0.286. The van der Waals surface area contributed by atoms with E-state index in [0.717, 1.165) is 5.56 Å². The molecule has 0 saturated heterocycles. The van der Waals surface area contributed by atoms with Gasteiger partial charge in [-0.05, 0) is 5.56 Å². The zero-order valence-corrected chi connectivity index (χ0v) is 8.09. The molecule has 2 aromatic rings. The van der Waals surface area contributed by atoms with Gasteiger partial charge < -0.3 is 10.3 Å². The molecule has 0 bridgehead atoms. The van der Waals surface area contributed by atoms with Crippen molar-refractivity contribution >= 4 is 5.82 Å². The maximum Gasteiger partial charge on any atom is 0.164 e. The van der Waals surface area contributed by atoms with Crippen molar-refractivity contribution in [3.8, 4) is 6.07 Å². The van der Waals surface area contributed by atoms with Crippen molar-refractivity contribution < 1.29 is 0 Å². The molecule has 1 aromatic carbocycles. The number of anilines is 1. The summed E-state index contributed by atoms with van der Waals surface area (Å²) in [6.07, 6.45) is 1.58. The van der Waals surface area contributed by atoms with Gasteiger partial charge in [-0.1, -0.05) is 30.3 Å². The van der Waals surface area contributed by atoms with E-state index in [0.29, 0.717) is 12.2 Å². The van der Waals surface area contributed by atoms with Gasteiger partial charge >= 0.3 is 0 Å². The minimum Gasteiger partial charge on any atom is -0.381 e. The molecular weight excluding hydrogens is 188 g/mol. The van der Waals surface area contributed by atoms with Crippen molar-refractivity contribution in [2.45, 2.75) is 6.54 Å². The maximum absolute atomic E-state index is 8.88. The number of hydrogen-bond acceptors (Lipinski definition) is 3. The molecule has 74 valence electrons. The number of imidazole rings is 1. The highest BCUT2D eigenvalue weighted by atomic mass is 15.1. The third-order valence-corrected chi connectivity index (χ3v) is 2.17. The molecule has 0 radical (unpaired) electrons. The van der Waals surface area contributed by atoms with Crippen LogP contribution >= 0.6 is 0 Å². The molecule has 0 spiro atoms. The van der Waals surface area contributed by atoms with E-state index in [4.69, 9.17) is 11.0 Å². The van der Waals surface area contributed by atoms with Crippen LogP contribution in [0, 0.1) is 11.3 Å². The molecule has 0 amide bonds. The average Bonchev–Trinajstić information content (AvgIpc) is 2.61. The molecular formula is C11H10N4. The largest absolute Gasteiger partial charge is 0.381 e. The summed E-state index contributed by atoms with van der Waals surface area (Å²) >= 11 is 0. The molecule has 4 nitrogen and oxygen atoms in total. The van der Waals surface area contributed by atoms with Gasteiger partial charge in [-0.25, -0.2) is 4.98 Å². The van der Waals surface area contributed by atoms with Gasteiger partial charge in [0.2, 0.25) is 0 Å². The van der Waals surface area contributed by atoms with Crippen molar-refractivity contribution in [2.75, 3.05) is 5.73 Å². The molecule has 2 rings (SSSR count). The van der Waals surface area contributed by atoms with Gasteiger partial charge in [0, 0.05) is 6.54 Å². The van der Waals surface area contributed by atoms with Crippen molar-refractivity contribution in [1.82, 2.24) is 9.55 Å². The predicted molar refractivity (Wildman–Crippen MR) is 56.9 cm³/mol. The normalized spacial score (nSPS) is 9.80. The number of benzene rings is 1. The van der Waals surface area contributed by atoms with Gasteiger partial charge in [0.25, 0.3) is 0 Å². The summed E-state index contributed by atoms with van der Waals surface area (Å²) < 4.78 is 1.74. The number of rotatable bonds is 2. The molecule has 0 aliphatic carbocycles. The molecule has 15 heavy (non-hydrogen) atoms. The number of aromatic nitrogens is 2. The van der Waals surface area contributed by atoms with Crippen molar-refractivity contribution in [1.29, 1.82) is 5.26 Å². The number of nitrogens with zero attached hydrogens (tertiary/aromatic N) is 3. The first kappa shape index (κ1) is 9.28. The van der Waals surface area contributed by atoms with Gasteiger partial charge in [-0.3, -0.25) is 0 Å². The topological polar surface area (TPSA) is 67.6 Å². The van der Waals surface area contributed by atoms with E-state index >= 15 is 0 Å². The quantitative estimate of drug-likeness (QED) is 0.792. The molecule has 0 atom stereocenters. The van der Waals surface area contributed by atoms with Crippen LogP contribution in [0.4, 0.5) is 5.82 Å². The lowest BCUT2D eigenvalue weighted by Crippen LogP contribution is -2.01. The Labute approximate surface area is 87.6 Å². The van der Waals surface area contributed by atoms with Crippen LogP contribution in [0.1, 0.15) is 11.3 Å². The lowest BCUT2D eigenvalue weighted by molar-refractivity contribution is 0.786. The second-order valence-electron chi connectivity index (χ2n) is 3.20. The number of nitrogen functional groups attached to an aromatic ring is 1. The lowest BCUT2D eigenvalue weighted by atomic mass is 10.2. The van der Waals surface area contributed by atoms with Crippen LogP contribution in [0.15, 0.2) is 36.7 Å².